The molecule has 2 heteroatoms. The van der Waals surface area contributed by atoms with E-state index < -0.39 is 5.92 Å². The molecule has 0 aliphatic heterocycles. The van der Waals surface area contributed by atoms with Gasteiger partial charge in [-0.2, -0.15) is 5.26 Å². The van der Waals surface area contributed by atoms with Gasteiger partial charge >= 0.3 is 0 Å². The molecule has 0 radical (unpaired) electrons. The van der Waals surface area contributed by atoms with Gasteiger partial charge in [0.1, 0.15) is 11.7 Å². The first-order valence-corrected chi connectivity index (χ1v) is 6.24. The van der Waals surface area contributed by atoms with Crippen LogP contribution in [-0.2, 0) is 11.2 Å². The van der Waals surface area contributed by atoms with E-state index in [4.69, 9.17) is 5.26 Å². The van der Waals surface area contributed by atoms with Crippen LogP contribution in [0.3, 0.4) is 0 Å². The number of rotatable bonds is 7. The lowest BCUT2D eigenvalue weighted by molar-refractivity contribution is -0.121. The monoisotopic (exact) mass is 229 g/mol. The summed E-state index contributed by atoms with van der Waals surface area (Å²) in [6.07, 6.45) is 3.86. The van der Waals surface area contributed by atoms with Crippen LogP contribution in [0.1, 0.15) is 38.2 Å². The molecule has 1 rings (SSSR count). The number of aryl methyl sites for hydroxylation is 1. The van der Waals surface area contributed by atoms with Crippen LogP contribution in [-0.4, -0.2) is 5.78 Å². The smallest absolute Gasteiger partial charge is 0.150 e. The highest BCUT2D eigenvalue weighted by Crippen LogP contribution is 2.12. The zero-order valence-corrected chi connectivity index (χ0v) is 10.4. The maximum absolute atomic E-state index is 11.7. The lowest BCUT2D eigenvalue weighted by atomic mass is 9.95. The summed E-state index contributed by atoms with van der Waals surface area (Å²) in [7, 11) is 0. The summed E-state index contributed by atoms with van der Waals surface area (Å²) in [4.78, 5) is 11.7. The molecule has 1 unspecified atom stereocenters. The highest BCUT2D eigenvalue weighted by molar-refractivity contribution is 5.83. The van der Waals surface area contributed by atoms with E-state index in [1.165, 1.54) is 5.56 Å². The average Bonchev–Trinajstić information content (AvgIpc) is 2.37. The summed E-state index contributed by atoms with van der Waals surface area (Å²) < 4.78 is 0. The largest absolute Gasteiger partial charge is 0.298 e. The molecule has 17 heavy (non-hydrogen) atoms. The molecule has 0 aliphatic carbocycles. The molecule has 0 saturated heterocycles. The molecule has 1 aromatic carbocycles. The molecule has 2 nitrogen and oxygen atoms in total. The second kappa shape index (κ2) is 7.62. The highest BCUT2D eigenvalue weighted by Gasteiger charge is 2.15. The minimum absolute atomic E-state index is 0.102. The fourth-order valence-corrected chi connectivity index (χ4v) is 1.87. The third kappa shape index (κ3) is 4.82. The van der Waals surface area contributed by atoms with Crippen LogP contribution in [0.4, 0.5) is 0 Å². The summed E-state index contributed by atoms with van der Waals surface area (Å²) in [6.45, 7) is 2.00. The summed E-state index contributed by atoms with van der Waals surface area (Å²) in [5.74, 6) is -0.291. The maximum Gasteiger partial charge on any atom is 0.150 e. The zero-order valence-electron chi connectivity index (χ0n) is 10.4. The predicted molar refractivity (Wildman–Crippen MR) is 68.4 cm³/mol. The molecule has 0 N–H and O–H groups in total. The lowest BCUT2D eigenvalue weighted by Crippen LogP contribution is -2.12. The Labute approximate surface area is 103 Å². The molecule has 0 amide bonds. The van der Waals surface area contributed by atoms with Gasteiger partial charge in [0.25, 0.3) is 0 Å². The quantitative estimate of drug-likeness (QED) is 0.717. The standard InChI is InChI=1S/C15H19NO/c1-2-7-14(12-16)15(17)11-6-10-13-8-4-3-5-9-13/h3-5,8-9,14H,2,6-7,10-11H2,1H3. The van der Waals surface area contributed by atoms with E-state index in [1.807, 2.05) is 25.1 Å². The van der Waals surface area contributed by atoms with Crippen LogP contribution >= 0.6 is 0 Å². The Morgan fingerprint density at radius 3 is 2.65 bits per heavy atom. The molecule has 1 aromatic rings. The minimum atomic E-state index is -0.393. The molecule has 0 aliphatic rings. The Balaban J connectivity index is 2.31. The molecular weight excluding hydrogens is 210 g/mol. The van der Waals surface area contributed by atoms with Gasteiger partial charge < -0.3 is 0 Å². The van der Waals surface area contributed by atoms with Gasteiger partial charge in [0.05, 0.1) is 6.07 Å². The van der Waals surface area contributed by atoms with E-state index in [2.05, 4.69) is 18.2 Å². The fourth-order valence-electron chi connectivity index (χ4n) is 1.87. The Kier molecular flexibility index (Phi) is 6.03. The van der Waals surface area contributed by atoms with Gasteiger partial charge in [-0.3, -0.25) is 4.79 Å². The van der Waals surface area contributed by atoms with Gasteiger partial charge in [-0.1, -0.05) is 43.7 Å². The molecular formula is C15H19NO. The molecule has 0 bridgehead atoms. The summed E-state index contributed by atoms with van der Waals surface area (Å²) in [6, 6.07) is 12.2. The minimum Gasteiger partial charge on any atom is -0.298 e. The number of carbonyl (C=O) groups is 1. The van der Waals surface area contributed by atoms with Crippen LogP contribution in [0.5, 0.6) is 0 Å². The average molecular weight is 229 g/mol. The van der Waals surface area contributed by atoms with Crippen LogP contribution in [0, 0.1) is 17.2 Å². The first-order valence-electron chi connectivity index (χ1n) is 6.24. The van der Waals surface area contributed by atoms with Gasteiger partial charge in [0, 0.05) is 6.42 Å². The predicted octanol–water partition coefficient (Wildman–Crippen LogP) is 3.52. The van der Waals surface area contributed by atoms with E-state index in [-0.39, 0.29) is 5.78 Å². The van der Waals surface area contributed by atoms with Gasteiger partial charge in [-0.25, -0.2) is 0 Å². The first kappa shape index (κ1) is 13.4. The van der Waals surface area contributed by atoms with Crippen molar-refractivity contribution in [2.24, 2.45) is 5.92 Å². The second-order valence-electron chi connectivity index (χ2n) is 4.28. The zero-order chi connectivity index (χ0) is 12.5. The van der Waals surface area contributed by atoms with Crippen LogP contribution in [0.15, 0.2) is 30.3 Å². The van der Waals surface area contributed by atoms with Crippen molar-refractivity contribution in [3.05, 3.63) is 35.9 Å². The Morgan fingerprint density at radius 1 is 1.35 bits per heavy atom. The Hall–Kier alpha value is -1.62. The van der Waals surface area contributed by atoms with Crippen molar-refractivity contribution in [1.29, 1.82) is 5.26 Å². The number of benzene rings is 1. The van der Waals surface area contributed by atoms with Crippen LogP contribution in [0.25, 0.3) is 0 Å². The van der Waals surface area contributed by atoms with Crippen LogP contribution < -0.4 is 0 Å². The van der Waals surface area contributed by atoms with E-state index in [1.54, 1.807) is 0 Å². The summed E-state index contributed by atoms with van der Waals surface area (Å²) >= 11 is 0. The fraction of sp³-hybridized carbons (Fsp3) is 0.467. The van der Waals surface area contributed by atoms with E-state index in [9.17, 15) is 4.79 Å². The topological polar surface area (TPSA) is 40.9 Å². The second-order valence-corrected chi connectivity index (χ2v) is 4.28. The number of carbonyl (C=O) groups excluding carboxylic acids is 1. The van der Waals surface area contributed by atoms with Crippen molar-refractivity contribution in [3.8, 4) is 6.07 Å². The number of nitrogens with zero attached hydrogens (tertiary/aromatic N) is 1. The SMILES string of the molecule is CCCC(C#N)C(=O)CCCc1ccccc1. The van der Waals surface area contributed by atoms with E-state index in [0.717, 1.165) is 19.3 Å². The number of ketones is 1. The van der Waals surface area contributed by atoms with Crippen molar-refractivity contribution in [3.63, 3.8) is 0 Å². The number of nitriles is 1. The van der Waals surface area contributed by atoms with E-state index in [0.29, 0.717) is 12.8 Å². The van der Waals surface area contributed by atoms with E-state index >= 15 is 0 Å². The first-order chi connectivity index (χ1) is 8.27. The molecule has 90 valence electrons. The van der Waals surface area contributed by atoms with Gasteiger partial charge in [-0.05, 0) is 24.8 Å². The molecule has 1 atom stereocenters. The molecule has 0 aromatic heterocycles. The lowest BCUT2D eigenvalue weighted by Gasteiger charge is -2.06. The third-order valence-corrected chi connectivity index (χ3v) is 2.85. The van der Waals surface area contributed by atoms with Crippen molar-refractivity contribution < 1.29 is 4.79 Å². The maximum atomic E-state index is 11.7. The summed E-state index contributed by atoms with van der Waals surface area (Å²) in [5.41, 5.74) is 1.25. The third-order valence-electron chi connectivity index (χ3n) is 2.85. The molecule has 0 spiro atoms. The number of hydrogen-bond donors (Lipinski definition) is 0. The molecule has 0 heterocycles. The van der Waals surface area contributed by atoms with Crippen LogP contribution in [0.2, 0.25) is 0 Å². The normalized spacial score (nSPS) is 11.8. The highest BCUT2D eigenvalue weighted by atomic mass is 16.1. The number of hydrogen-bond acceptors (Lipinski definition) is 2. The number of Topliss-reactive ketones (excluding diaryl/α,β-unsaturated/α-hetero) is 1. The summed E-state index contributed by atoms with van der Waals surface area (Å²) in [5, 5.41) is 8.87. The van der Waals surface area contributed by atoms with Crippen molar-refractivity contribution >= 4 is 5.78 Å². The Bertz CT molecular complexity index is 378. The van der Waals surface area contributed by atoms with Gasteiger partial charge in [0.2, 0.25) is 0 Å². The van der Waals surface area contributed by atoms with Crippen molar-refractivity contribution in [1.82, 2.24) is 0 Å². The van der Waals surface area contributed by atoms with Crippen molar-refractivity contribution in [2.45, 2.75) is 39.0 Å². The molecule has 0 saturated carbocycles. The Morgan fingerprint density at radius 2 is 2.06 bits per heavy atom. The van der Waals surface area contributed by atoms with Gasteiger partial charge in [-0.15, -0.1) is 0 Å². The molecule has 0 fully saturated rings. The van der Waals surface area contributed by atoms with Crippen molar-refractivity contribution in [2.75, 3.05) is 0 Å². The van der Waals surface area contributed by atoms with Gasteiger partial charge in [0.15, 0.2) is 0 Å².